The van der Waals surface area contributed by atoms with E-state index >= 15 is 0 Å². The number of benzene rings is 2. The van der Waals surface area contributed by atoms with E-state index in [4.69, 9.17) is 0 Å². The molecule has 1 aromatic heterocycles. The SMILES string of the molecule is CC(=O)Nc1nc(/C=C\c2ccc([N+](=O)[O-])cc2)c(CN(C)C(=O)c2ccc(S(C)(=O)=O)cc2)s1. The highest BCUT2D eigenvalue weighted by Crippen LogP contribution is 2.27. The van der Waals surface area contributed by atoms with Crippen LogP contribution in [-0.2, 0) is 21.2 Å². The predicted octanol–water partition coefficient (Wildman–Crippen LogP) is 3.86. The maximum atomic E-state index is 12.9. The number of carbonyl (C=O) groups excluding carboxylic acids is 2. The molecule has 10 nitrogen and oxygen atoms in total. The van der Waals surface area contributed by atoms with E-state index in [0.29, 0.717) is 26.8 Å². The van der Waals surface area contributed by atoms with Crippen molar-refractivity contribution in [3.05, 3.63) is 80.3 Å². The summed E-state index contributed by atoms with van der Waals surface area (Å²) in [6.07, 6.45) is 4.53. The van der Waals surface area contributed by atoms with Crippen molar-refractivity contribution in [2.75, 3.05) is 18.6 Å². The summed E-state index contributed by atoms with van der Waals surface area (Å²) in [4.78, 5) is 41.4. The Balaban J connectivity index is 1.83. The average Bonchev–Trinajstić information content (AvgIpc) is 3.16. The van der Waals surface area contributed by atoms with Gasteiger partial charge in [0.2, 0.25) is 5.91 Å². The first-order valence-electron chi connectivity index (χ1n) is 10.2. The predicted molar refractivity (Wildman–Crippen MR) is 134 cm³/mol. The van der Waals surface area contributed by atoms with Gasteiger partial charge in [0, 0.05) is 37.9 Å². The zero-order valence-corrected chi connectivity index (χ0v) is 20.7. The molecule has 1 N–H and O–H groups in total. The van der Waals surface area contributed by atoms with Gasteiger partial charge in [0.25, 0.3) is 11.6 Å². The minimum Gasteiger partial charge on any atom is -0.336 e. The summed E-state index contributed by atoms with van der Waals surface area (Å²) in [5, 5.41) is 13.8. The molecule has 0 aliphatic rings. The third kappa shape index (κ3) is 6.80. The Kier molecular flexibility index (Phi) is 7.77. The summed E-state index contributed by atoms with van der Waals surface area (Å²) >= 11 is 1.22. The molecule has 0 unspecified atom stereocenters. The molecule has 0 fully saturated rings. The molecule has 182 valence electrons. The molecule has 0 saturated carbocycles. The number of nitro benzene ring substituents is 1. The Morgan fingerprint density at radius 2 is 1.74 bits per heavy atom. The molecule has 0 radical (unpaired) electrons. The van der Waals surface area contributed by atoms with Crippen LogP contribution < -0.4 is 5.32 Å². The topological polar surface area (TPSA) is 140 Å². The number of carbonyl (C=O) groups is 2. The van der Waals surface area contributed by atoms with Gasteiger partial charge in [-0.15, -0.1) is 0 Å². The number of amides is 2. The Morgan fingerprint density at radius 1 is 1.11 bits per heavy atom. The number of thiazole rings is 1. The number of nitrogens with zero attached hydrogens (tertiary/aromatic N) is 3. The van der Waals surface area contributed by atoms with Gasteiger partial charge in [-0.1, -0.05) is 17.4 Å². The number of aromatic nitrogens is 1. The number of non-ortho nitro benzene ring substituents is 1. The Bertz CT molecular complexity index is 1390. The van der Waals surface area contributed by atoms with E-state index in [9.17, 15) is 28.1 Å². The Hall–Kier alpha value is -3.90. The van der Waals surface area contributed by atoms with Crippen LogP contribution in [0.15, 0.2) is 53.4 Å². The minimum atomic E-state index is -3.37. The summed E-state index contributed by atoms with van der Waals surface area (Å²) in [5.41, 5.74) is 1.55. The van der Waals surface area contributed by atoms with Gasteiger partial charge in [0.1, 0.15) is 0 Å². The molecule has 3 aromatic rings. The molecule has 2 amide bonds. The minimum absolute atomic E-state index is 0.0193. The third-order valence-corrected chi connectivity index (χ3v) is 6.90. The van der Waals surface area contributed by atoms with Crippen LogP contribution in [0.4, 0.5) is 10.8 Å². The van der Waals surface area contributed by atoms with E-state index in [1.807, 2.05) is 0 Å². The van der Waals surface area contributed by atoms with Crippen LogP contribution in [0.1, 0.15) is 33.4 Å². The molecule has 12 heteroatoms. The number of hydrogen-bond donors (Lipinski definition) is 1. The highest BCUT2D eigenvalue weighted by Gasteiger charge is 2.18. The van der Waals surface area contributed by atoms with E-state index in [1.165, 1.54) is 59.6 Å². The molecular weight excluding hydrogens is 492 g/mol. The lowest BCUT2D eigenvalue weighted by atomic mass is 10.1. The highest BCUT2D eigenvalue weighted by atomic mass is 32.2. The van der Waals surface area contributed by atoms with Crippen LogP contribution in [0.5, 0.6) is 0 Å². The van der Waals surface area contributed by atoms with Crippen molar-refractivity contribution in [3.8, 4) is 0 Å². The summed E-state index contributed by atoms with van der Waals surface area (Å²) in [5.74, 6) is -0.601. The van der Waals surface area contributed by atoms with Gasteiger partial charge in [-0.3, -0.25) is 19.7 Å². The van der Waals surface area contributed by atoms with Crippen molar-refractivity contribution in [2.45, 2.75) is 18.4 Å². The molecule has 2 aromatic carbocycles. The van der Waals surface area contributed by atoms with Gasteiger partial charge in [-0.25, -0.2) is 13.4 Å². The maximum Gasteiger partial charge on any atom is 0.269 e. The summed E-state index contributed by atoms with van der Waals surface area (Å²) < 4.78 is 23.3. The van der Waals surface area contributed by atoms with E-state index in [0.717, 1.165) is 6.26 Å². The maximum absolute atomic E-state index is 12.9. The second kappa shape index (κ2) is 10.6. The van der Waals surface area contributed by atoms with E-state index < -0.39 is 14.8 Å². The molecule has 35 heavy (non-hydrogen) atoms. The standard InChI is InChI=1S/C23H22N4O6S2/c1-15(28)24-23-25-20(13-6-16-4-9-18(10-5-16)27(30)31)21(34-23)14-26(2)22(29)17-7-11-19(12-8-17)35(3,32)33/h4-13H,14H2,1-3H3,(H,24,25,28)/b13-6-. The van der Waals surface area contributed by atoms with Crippen molar-refractivity contribution < 1.29 is 22.9 Å². The number of nitrogens with one attached hydrogen (secondary N) is 1. The molecular formula is C23H22N4O6S2. The van der Waals surface area contributed by atoms with Crippen molar-refractivity contribution in [3.63, 3.8) is 0 Å². The number of anilines is 1. The highest BCUT2D eigenvalue weighted by molar-refractivity contribution is 7.90. The molecule has 0 atom stereocenters. The largest absolute Gasteiger partial charge is 0.336 e. The summed E-state index contributed by atoms with van der Waals surface area (Å²) in [6, 6.07) is 11.7. The zero-order valence-electron chi connectivity index (χ0n) is 19.1. The van der Waals surface area contributed by atoms with Crippen LogP contribution in [0.3, 0.4) is 0 Å². The lowest BCUT2D eigenvalue weighted by molar-refractivity contribution is -0.384. The van der Waals surface area contributed by atoms with Crippen molar-refractivity contribution in [1.82, 2.24) is 9.88 Å². The normalized spacial score (nSPS) is 11.4. The summed E-state index contributed by atoms with van der Waals surface area (Å²) in [7, 11) is -1.76. The third-order valence-electron chi connectivity index (χ3n) is 4.80. The van der Waals surface area contributed by atoms with Crippen LogP contribution >= 0.6 is 11.3 Å². The first-order chi connectivity index (χ1) is 16.4. The quantitative estimate of drug-likeness (QED) is 0.356. The monoisotopic (exact) mass is 514 g/mol. The van der Waals surface area contributed by atoms with Crippen LogP contribution in [-0.4, -0.2) is 48.3 Å². The fourth-order valence-corrected chi connectivity index (χ4v) is 4.72. The number of sulfone groups is 1. The van der Waals surface area contributed by atoms with Gasteiger partial charge in [-0.2, -0.15) is 0 Å². The second-order valence-corrected chi connectivity index (χ2v) is 10.7. The van der Waals surface area contributed by atoms with Crippen LogP contribution in [0.25, 0.3) is 12.2 Å². The Morgan fingerprint density at radius 3 is 2.29 bits per heavy atom. The zero-order chi connectivity index (χ0) is 25.8. The number of rotatable bonds is 8. The lowest BCUT2D eigenvalue weighted by Crippen LogP contribution is -2.26. The number of nitro groups is 1. The van der Waals surface area contributed by atoms with E-state index in [1.54, 1.807) is 31.3 Å². The lowest BCUT2D eigenvalue weighted by Gasteiger charge is -2.16. The van der Waals surface area contributed by atoms with Gasteiger partial charge in [0.05, 0.1) is 26.9 Å². The summed E-state index contributed by atoms with van der Waals surface area (Å²) in [6.45, 7) is 1.55. The molecule has 0 spiro atoms. The van der Waals surface area contributed by atoms with E-state index in [-0.39, 0.29) is 28.9 Å². The fraction of sp³-hybridized carbons (Fsp3) is 0.174. The van der Waals surface area contributed by atoms with Crippen molar-refractivity contribution in [2.24, 2.45) is 0 Å². The van der Waals surface area contributed by atoms with Crippen LogP contribution in [0, 0.1) is 10.1 Å². The molecule has 3 rings (SSSR count). The van der Waals surface area contributed by atoms with Crippen molar-refractivity contribution >= 4 is 56.0 Å². The molecule has 0 saturated heterocycles. The second-order valence-electron chi connectivity index (χ2n) is 7.65. The molecule has 0 aliphatic heterocycles. The molecule has 0 aliphatic carbocycles. The van der Waals surface area contributed by atoms with Crippen molar-refractivity contribution in [1.29, 1.82) is 0 Å². The number of hydrogen-bond acceptors (Lipinski definition) is 8. The Labute approximate surface area is 206 Å². The first-order valence-corrected chi connectivity index (χ1v) is 12.9. The van der Waals surface area contributed by atoms with Gasteiger partial charge in [-0.05, 0) is 48.0 Å². The molecule has 0 bridgehead atoms. The fourth-order valence-electron chi connectivity index (χ4n) is 3.05. The van der Waals surface area contributed by atoms with Crippen LogP contribution in [0.2, 0.25) is 0 Å². The first kappa shape index (κ1) is 25.7. The average molecular weight is 515 g/mol. The molecule has 1 heterocycles. The smallest absolute Gasteiger partial charge is 0.269 e. The van der Waals surface area contributed by atoms with Gasteiger partial charge >= 0.3 is 0 Å². The van der Waals surface area contributed by atoms with Gasteiger partial charge < -0.3 is 10.2 Å². The van der Waals surface area contributed by atoms with Gasteiger partial charge in [0.15, 0.2) is 15.0 Å². The van der Waals surface area contributed by atoms with E-state index in [2.05, 4.69) is 10.3 Å².